The zero-order valence-electron chi connectivity index (χ0n) is 13.9. The predicted octanol–water partition coefficient (Wildman–Crippen LogP) is 1.30. The van der Waals surface area contributed by atoms with E-state index in [4.69, 9.17) is 4.74 Å². The first-order valence-electron chi connectivity index (χ1n) is 7.54. The number of ether oxygens (including phenoxy) is 1. The summed E-state index contributed by atoms with van der Waals surface area (Å²) in [7, 11) is 0. The molecule has 0 bridgehead atoms. The Balaban J connectivity index is 2.70. The Bertz CT molecular complexity index is 465. The van der Waals surface area contributed by atoms with E-state index in [1.165, 1.54) is 6.92 Å². The summed E-state index contributed by atoms with van der Waals surface area (Å²) in [5, 5.41) is 5.41. The largest absolute Gasteiger partial charge is 0.459 e. The second-order valence-corrected chi connectivity index (χ2v) is 6.59. The van der Waals surface area contributed by atoms with E-state index in [-0.39, 0.29) is 36.2 Å². The Morgan fingerprint density at radius 2 is 1.95 bits per heavy atom. The molecule has 0 saturated carbocycles. The fourth-order valence-electron chi connectivity index (χ4n) is 2.54. The van der Waals surface area contributed by atoms with Crippen molar-refractivity contribution in [2.45, 2.75) is 65.1 Å². The number of nitrogens with one attached hydrogen (secondary N) is 2. The molecule has 22 heavy (non-hydrogen) atoms. The smallest absolute Gasteiger partial charge is 0.323 e. The summed E-state index contributed by atoms with van der Waals surface area (Å²) in [6.45, 7) is 8.66. The summed E-state index contributed by atoms with van der Waals surface area (Å²) in [6.07, 6.45) is 4.61. The van der Waals surface area contributed by atoms with E-state index in [0.29, 0.717) is 6.42 Å². The maximum absolute atomic E-state index is 12.2. The molecule has 1 aliphatic rings. The fraction of sp³-hybridized carbons (Fsp3) is 0.688. The molecule has 124 valence electrons. The van der Waals surface area contributed by atoms with E-state index in [2.05, 4.69) is 10.6 Å². The topological polar surface area (TPSA) is 84.5 Å². The first kappa shape index (κ1) is 18.4. The molecular weight excluding hydrogens is 284 g/mol. The number of amides is 2. The zero-order chi connectivity index (χ0) is 16.9. The van der Waals surface area contributed by atoms with Gasteiger partial charge in [-0.05, 0) is 40.0 Å². The van der Waals surface area contributed by atoms with Gasteiger partial charge in [0.1, 0.15) is 11.6 Å². The number of allylic oxidation sites excluding steroid dienone is 1. The van der Waals surface area contributed by atoms with Crippen molar-refractivity contribution < 1.29 is 19.1 Å². The van der Waals surface area contributed by atoms with Crippen LogP contribution >= 0.6 is 0 Å². The third kappa shape index (κ3) is 5.97. The summed E-state index contributed by atoms with van der Waals surface area (Å²) >= 11 is 0. The summed E-state index contributed by atoms with van der Waals surface area (Å²) in [6, 6.07) is -0.622. The van der Waals surface area contributed by atoms with Gasteiger partial charge in [0.15, 0.2) is 0 Å². The van der Waals surface area contributed by atoms with Crippen LogP contribution in [0.5, 0.6) is 0 Å². The van der Waals surface area contributed by atoms with Gasteiger partial charge >= 0.3 is 5.97 Å². The minimum Gasteiger partial charge on any atom is -0.459 e. The van der Waals surface area contributed by atoms with Crippen molar-refractivity contribution in [1.82, 2.24) is 10.6 Å². The van der Waals surface area contributed by atoms with Gasteiger partial charge in [0.2, 0.25) is 11.8 Å². The number of rotatable bonds is 4. The molecule has 6 nitrogen and oxygen atoms in total. The van der Waals surface area contributed by atoms with Crippen molar-refractivity contribution in [1.29, 1.82) is 0 Å². The second kappa shape index (κ2) is 7.54. The minimum absolute atomic E-state index is 0.0558. The lowest BCUT2D eigenvalue weighted by atomic mass is 9.96. The van der Waals surface area contributed by atoms with Gasteiger partial charge in [-0.2, -0.15) is 0 Å². The lowest BCUT2D eigenvalue weighted by molar-refractivity contribution is -0.157. The fourth-order valence-corrected chi connectivity index (χ4v) is 2.54. The molecule has 0 aliphatic carbocycles. The number of hydrogen-bond donors (Lipinski definition) is 2. The maximum atomic E-state index is 12.2. The van der Waals surface area contributed by atoms with Gasteiger partial charge in [0.05, 0.1) is 0 Å². The van der Waals surface area contributed by atoms with Crippen LogP contribution in [0.25, 0.3) is 0 Å². The number of esters is 1. The molecule has 0 aromatic carbocycles. The van der Waals surface area contributed by atoms with E-state index in [1.54, 1.807) is 0 Å². The quantitative estimate of drug-likeness (QED) is 0.604. The van der Waals surface area contributed by atoms with Crippen molar-refractivity contribution in [2.24, 2.45) is 5.92 Å². The Hall–Kier alpha value is -1.69. The third-order valence-electron chi connectivity index (χ3n) is 3.29. The van der Waals surface area contributed by atoms with E-state index < -0.39 is 11.6 Å². The highest BCUT2D eigenvalue weighted by Crippen LogP contribution is 2.26. The van der Waals surface area contributed by atoms with Crippen molar-refractivity contribution in [3.8, 4) is 0 Å². The SMILES string of the molecule is C/C=C\C1CC(C(=O)OC(C)(C)C)NC1CC(=O)NC(C)=O. The predicted molar refractivity (Wildman–Crippen MR) is 82.9 cm³/mol. The molecule has 1 aliphatic heterocycles. The molecule has 2 N–H and O–H groups in total. The highest BCUT2D eigenvalue weighted by atomic mass is 16.6. The van der Waals surface area contributed by atoms with Gasteiger partial charge in [-0.3, -0.25) is 19.7 Å². The van der Waals surface area contributed by atoms with Crippen LogP contribution in [0, 0.1) is 5.92 Å². The molecule has 0 aromatic rings. The van der Waals surface area contributed by atoms with Crippen molar-refractivity contribution >= 4 is 17.8 Å². The van der Waals surface area contributed by atoms with Crippen LogP contribution in [0.3, 0.4) is 0 Å². The molecule has 3 unspecified atom stereocenters. The molecule has 1 heterocycles. The van der Waals surface area contributed by atoms with Crippen LogP contribution in [0.4, 0.5) is 0 Å². The van der Waals surface area contributed by atoms with E-state index in [9.17, 15) is 14.4 Å². The summed E-state index contributed by atoms with van der Waals surface area (Å²) < 4.78 is 5.39. The first-order chi connectivity index (χ1) is 10.1. The molecule has 1 rings (SSSR count). The van der Waals surface area contributed by atoms with Crippen molar-refractivity contribution in [3.05, 3.63) is 12.2 Å². The van der Waals surface area contributed by atoms with Crippen LogP contribution in [0.2, 0.25) is 0 Å². The standard InChI is InChI=1S/C16H26N2O4/c1-6-7-11-8-13(15(21)22-16(3,4)5)18-12(11)9-14(20)17-10(2)19/h6-7,11-13,18H,8-9H2,1-5H3,(H,17,19,20)/b7-6-. The Morgan fingerprint density at radius 1 is 1.32 bits per heavy atom. The lowest BCUT2D eigenvalue weighted by Gasteiger charge is -2.22. The molecule has 0 aromatic heterocycles. The van der Waals surface area contributed by atoms with Gasteiger partial charge in [-0.1, -0.05) is 12.2 Å². The van der Waals surface area contributed by atoms with Gasteiger partial charge in [-0.25, -0.2) is 0 Å². The second-order valence-electron chi connectivity index (χ2n) is 6.59. The number of carbonyl (C=O) groups is 3. The lowest BCUT2D eigenvalue weighted by Crippen LogP contribution is -2.42. The maximum Gasteiger partial charge on any atom is 0.323 e. The van der Waals surface area contributed by atoms with Crippen LogP contribution < -0.4 is 10.6 Å². The number of carbonyl (C=O) groups excluding carboxylic acids is 3. The molecule has 2 amide bonds. The average molecular weight is 310 g/mol. The number of hydrogen-bond acceptors (Lipinski definition) is 5. The van der Waals surface area contributed by atoms with E-state index in [1.807, 2.05) is 39.8 Å². The summed E-state index contributed by atoms with van der Waals surface area (Å²) in [5.74, 6) is -0.977. The van der Waals surface area contributed by atoms with Crippen LogP contribution in [-0.2, 0) is 19.1 Å². The minimum atomic E-state index is -0.543. The highest BCUT2D eigenvalue weighted by Gasteiger charge is 2.38. The first-order valence-corrected chi connectivity index (χ1v) is 7.54. The molecule has 6 heteroatoms. The zero-order valence-corrected chi connectivity index (χ0v) is 13.9. The number of imide groups is 1. The monoisotopic (exact) mass is 310 g/mol. The molecule has 1 fully saturated rings. The Kier molecular flexibility index (Phi) is 6.29. The van der Waals surface area contributed by atoms with Gasteiger partial charge in [0.25, 0.3) is 0 Å². The van der Waals surface area contributed by atoms with Crippen LogP contribution in [0.1, 0.15) is 47.5 Å². The van der Waals surface area contributed by atoms with Gasteiger partial charge in [0, 0.05) is 19.4 Å². The average Bonchev–Trinajstić information content (AvgIpc) is 2.69. The highest BCUT2D eigenvalue weighted by molar-refractivity contribution is 5.94. The third-order valence-corrected chi connectivity index (χ3v) is 3.29. The Labute approximate surface area is 131 Å². The molecule has 1 saturated heterocycles. The summed E-state index contributed by atoms with van der Waals surface area (Å²) in [5.41, 5.74) is -0.543. The van der Waals surface area contributed by atoms with Gasteiger partial charge < -0.3 is 10.1 Å². The van der Waals surface area contributed by atoms with Crippen molar-refractivity contribution in [2.75, 3.05) is 0 Å². The molecule has 0 radical (unpaired) electrons. The van der Waals surface area contributed by atoms with E-state index in [0.717, 1.165) is 0 Å². The van der Waals surface area contributed by atoms with Crippen molar-refractivity contribution in [3.63, 3.8) is 0 Å². The van der Waals surface area contributed by atoms with E-state index >= 15 is 0 Å². The summed E-state index contributed by atoms with van der Waals surface area (Å²) in [4.78, 5) is 34.8. The molecule has 0 spiro atoms. The van der Waals surface area contributed by atoms with Gasteiger partial charge in [-0.15, -0.1) is 0 Å². The molecule has 3 atom stereocenters. The van der Waals surface area contributed by atoms with Crippen LogP contribution in [-0.4, -0.2) is 35.5 Å². The van der Waals surface area contributed by atoms with Crippen LogP contribution in [0.15, 0.2) is 12.2 Å². The normalized spacial score (nSPS) is 25.2. The molecular formula is C16H26N2O4. The Morgan fingerprint density at radius 3 is 2.45 bits per heavy atom.